The van der Waals surface area contributed by atoms with E-state index in [4.69, 9.17) is 14.9 Å². The SMILES string of the molecule is CNC(=O)[C@H]1O[C@@H](n2cnc3c(N)nc(C#CCN(C)C(=O)c4ncco4)nc32)C(O)[C@@H]1O. The van der Waals surface area contributed by atoms with E-state index in [2.05, 4.69) is 37.1 Å². The van der Waals surface area contributed by atoms with Gasteiger partial charge in [-0.15, -0.1) is 0 Å². The first kappa shape index (κ1) is 22.1. The average Bonchev–Trinajstić information content (AvgIpc) is 3.54. The van der Waals surface area contributed by atoms with Gasteiger partial charge in [-0.3, -0.25) is 14.2 Å². The van der Waals surface area contributed by atoms with Crippen molar-refractivity contribution in [2.45, 2.75) is 24.5 Å². The van der Waals surface area contributed by atoms with Gasteiger partial charge in [-0.25, -0.2) is 19.9 Å². The molecule has 0 aliphatic carbocycles. The van der Waals surface area contributed by atoms with Crippen LogP contribution in [0, 0.1) is 11.8 Å². The number of rotatable bonds is 4. The minimum absolute atomic E-state index is 0.0307. The number of aliphatic hydroxyl groups is 2. The Morgan fingerprint density at radius 2 is 2.09 bits per heavy atom. The van der Waals surface area contributed by atoms with Crippen molar-refractivity contribution < 1.29 is 29.0 Å². The molecule has 1 aliphatic heterocycles. The van der Waals surface area contributed by atoms with Gasteiger partial charge in [0.2, 0.25) is 5.82 Å². The quantitative estimate of drug-likeness (QED) is 0.314. The topological polar surface area (TPSA) is 195 Å². The number of hydrogen-bond donors (Lipinski definition) is 4. The van der Waals surface area contributed by atoms with Gasteiger partial charge >= 0.3 is 5.91 Å². The van der Waals surface area contributed by atoms with Crippen molar-refractivity contribution in [1.82, 2.24) is 34.7 Å². The van der Waals surface area contributed by atoms with E-state index >= 15 is 0 Å². The van der Waals surface area contributed by atoms with E-state index in [1.807, 2.05) is 0 Å². The molecule has 0 saturated carbocycles. The summed E-state index contributed by atoms with van der Waals surface area (Å²) in [6.07, 6.45) is -1.34. The minimum Gasteiger partial charge on any atom is -0.441 e. The van der Waals surface area contributed by atoms with Crippen molar-refractivity contribution in [2.24, 2.45) is 0 Å². The summed E-state index contributed by atoms with van der Waals surface area (Å²) in [7, 11) is 2.92. The van der Waals surface area contributed by atoms with Crippen LogP contribution >= 0.6 is 0 Å². The number of ether oxygens (including phenoxy) is 1. The first-order valence-electron chi connectivity index (χ1n) is 9.69. The summed E-state index contributed by atoms with van der Waals surface area (Å²) < 4.78 is 11.9. The Bertz CT molecular complexity index is 1250. The summed E-state index contributed by atoms with van der Waals surface area (Å²) in [6.45, 7) is 0.0340. The van der Waals surface area contributed by atoms with E-state index in [-0.39, 0.29) is 35.2 Å². The van der Waals surface area contributed by atoms with Gasteiger partial charge in [0.1, 0.15) is 24.0 Å². The highest BCUT2D eigenvalue weighted by Gasteiger charge is 2.47. The maximum Gasteiger partial charge on any atom is 0.310 e. The van der Waals surface area contributed by atoms with Crippen molar-refractivity contribution in [3.63, 3.8) is 0 Å². The number of nitrogens with one attached hydrogen (secondary N) is 1. The second-order valence-corrected chi connectivity index (χ2v) is 7.10. The van der Waals surface area contributed by atoms with E-state index in [1.165, 1.54) is 42.3 Å². The number of likely N-dealkylation sites (N-methyl/N-ethyl adjacent to an activating group) is 1. The normalized spacial score (nSPS) is 22.1. The van der Waals surface area contributed by atoms with Crippen LogP contribution in [-0.2, 0) is 9.53 Å². The van der Waals surface area contributed by atoms with Crippen molar-refractivity contribution in [3.8, 4) is 11.8 Å². The van der Waals surface area contributed by atoms with Gasteiger partial charge < -0.3 is 35.3 Å². The number of amides is 2. The zero-order chi connectivity index (χ0) is 23.7. The monoisotopic (exact) mass is 456 g/mol. The Kier molecular flexibility index (Phi) is 5.92. The maximum atomic E-state index is 12.1. The van der Waals surface area contributed by atoms with Gasteiger partial charge in [0.25, 0.3) is 11.8 Å². The van der Waals surface area contributed by atoms with Crippen LogP contribution in [-0.4, -0.2) is 90.4 Å². The summed E-state index contributed by atoms with van der Waals surface area (Å²) in [5.74, 6) is 4.46. The molecule has 4 atom stereocenters. The van der Waals surface area contributed by atoms with Gasteiger partial charge in [0.05, 0.1) is 19.1 Å². The average molecular weight is 456 g/mol. The predicted octanol–water partition coefficient (Wildman–Crippen LogP) is -2.11. The molecule has 0 aromatic carbocycles. The number of fused-ring (bicyclic) bond motifs is 1. The minimum atomic E-state index is -1.46. The second-order valence-electron chi connectivity index (χ2n) is 7.10. The lowest BCUT2D eigenvalue weighted by molar-refractivity contribution is -0.137. The number of nitrogens with two attached hydrogens (primary N) is 1. The highest BCUT2D eigenvalue weighted by molar-refractivity contribution is 5.89. The molecule has 0 radical (unpaired) electrons. The summed E-state index contributed by atoms with van der Waals surface area (Å²) in [5.41, 5.74) is 6.39. The van der Waals surface area contributed by atoms with Crippen LogP contribution < -0.4 is 11.1 Å². The Morgan fingerprint density at radius 1 is 1.30 bits per heavy atom. The Balaban J connectivity index is 1.58. The molecule has 3 aromatic rings. The number of carbonyl (C=O) groups excluding carboxylic acids is 2. The van der Waals surface area contributed by atoms with E-state index in [1.54, 1.807) is 0 Å². The Morgan fingerprint density at radius 3 is 2.79 bits per heavy atom. The van der Waals surface area contributed by atoms with Gasteiger partial charge in [0, 0.05) is 14.1 Å². The first-order valence-corrected chi connectivity index (χ1v) is 9.69. The summed E-state index contributed by atoms with van der Waals surface area (Å²) >= 11 is 0. The second kappa shape index (κ2) is 8.82. The van der Waals surface area contributed by atoms with Crippen LogP contribution in [0.2, 0.25) is 0 Å². The number of oxazole rings is 1. The summed E-state index contributed by atoms with van der Waals surface area (Å²) in [4.78, 5) is 41.7. The lowest BCUT2D eigenvalue weighted by atomic mass is 10.1. The van der Waals surface area contributed by atoms with Crippen molar-refractivity contribution in [3.05, 3.63) is 30.5 Å². The van der Waals surface area contributed by atoms with Crippen LogP contribution in [0.3, 0.4) is 0 Å². The molecule has 4 rings (SSSR count). The third-order valence-electron chi connectivity index (χ3n) is 4.94. The van der Waals surface area contributed by atoms with Gasteiger partial charge in [-0.05, 0) is 5.92 Å². The van der Waals surface area contributed by atoms with Crippen molar-refractivity contribution in [1.29, 1.82) is 0 Å². The molecule has 1 saturated heterocycles. The van der Waals surface area contributed by atoms with Crippen LogP contribution in [0.15, 0.2) is 23.2 Å². The van der Waals surface area contributed by atoms with Crippen LogP contribution in [0.4, 0.5) is 5.82 Å². The molecule has 5 N–H and O–H groups in total. The van der Waals surface area contributed by atoms with Crippen LogP contribution in [0.25, 0.3) is 11.2 Å². The fourth-order valence-electron chi connectivity index (χ4n) is 3.23. The molecule has 14 heteroatoms. The zero-order valence-electron chi connectivity index (χ0n) is 17.5. The number of anilines is 1. The summed E-state index contributed by atoms with van der Waals surface area (Å²) in [5, 5.41) is 23.0. The van der Waals surface area contributed by atoms with E-state index in [9.17, 15) is 19.8 Å². The Hall–Kier alpha value is -4.06. The standard InChI is InChI=1S/C19H20N8O6/c1-21-16(30)13-11(28)12(29)19(33-13)27-8-23-10-14(20)24-9(25-15(10)27)4-3-6-26(2)18(31)17-22-5-7-32-17/h5,7-8,11-13,19,28-29H,6H2,1-2H3,(H,21,30)(H2,20,24,25)/t11-,12?,13-,19+/m0/s1. The molecule has 4 heterocycles. The van der Waals surface area contributed by atoms with Crippen molar-refractivity contribution in [2.75, 3.05) is 26.4 Å². The number of imidazole rings is 1. The highest BCUT2D eigenvalue weighted by atomic mass is 16.6. The molecule has 14 nitrogen and oxygen atoms in total. The maximum absolute atomic E-state index is 12.1. The molecule has 33 heavy (non-hydrogen) atoms. The molecule has 0 bridgehead atoms. The zero-order valence-corrected chi connectivity index (χ0v) is 17.5. The van der Waals surface area contributed by atoms with E-state index in [0.717, 1.165) is 0 Å². The Labute approximate surface area is 186 Å². The number of carbonyl (C=O) groups is 2. The lowest BCUT2D eigenvalue weighted by Gasteiger charge is -2.16. The molecule has 0 spiro atoms. The van der Waals surface area contributed by atoms with Gasteiger partial charge in [-0.1, -0.05) is 5.92 Å². The van der Waals surface area contributed by atoms with E-state index < -0.39 is 36.4 Å². The fourth-order valence-corrected chi connectivity index (χ4v) is 3.23. The third-order valence-corrected chi connectivity index (χ3v) is 4.94. The third kappa shape index (κ3) is 4.07. The number of aliphatic hydroxyl groups excluding tert-OH is 2. The number of hydrogen-bond acceptors (Lipinski definition) is 11. The number of aromatic nitrogens is 5. The van der Waals surface area contributed by atoms with Crippen LogP contribution in [0.1, 0.15) is 22.7 Å². The highest BCUT2D eigenvalue weighted by Crippen LogP contribution is 2.32. The molecule has 3 aromatic heterocycles. The number of nitrogens with zero attached hydrogens (tertiary/aromatic N) is 6. The lowest BCUT2D eigenvalue weighted by Crippen LogP contribution is -2.41. The smallest absolute Gasteiger partial charge is 0.310 e. The first-order chi connectivity index (χ1) is 15.8. The molecular formula is C19H20N8O6. The number of nitrogen functional groups attached to an aromatic ring is 1. The van der Waals surface area contributed by atoms with Crippen LogP contribution in [0.5, 0.6) is 0 Å². The van der Waals surface area contributed by atoms with Gasteiger partial charge in [-0.2, -0.15) is 0 Å². The molecular weight excluding hydrogens is 436 g/mol. The van der Waals surface area contributed by atoms with Gasteiger partial charge in [0.15, 0.2) is 23.8 Å². The van der Waals surface area contributed by atoms with Crippen molar-refractivity contribution >= 4 is 28.8 Å². The molecule has 172 valence electrons. The molecule has 1 unspecified atom stereocenters. The molecule has 1 aliphatic rings. The molecule has 1 fully saturated rings. The molecule has 2 amide bonds. The van der Waals surface area contributed by atoms with E-state index in [0.29, 0.717) is 0 Å². The predicted molar refractivity (Wildman–Crippen MR) is 110 cm³/mol. The summed E-state index contributed by atoms with van der Waals surface area (Å²) in [6, 6.07) is 0. The fraction of sp³-hybridized carbons (Fsp3) is 0.368. The largest absolute Gasteiger partial charge is 0.441 e.